The monoisotopic (exact) mass is 494 g/mol. The fourth-order valence-corrected chi connectivity index (χ4v) is 5.26. The topological polar surface area (TPSA) is 97.9 Å². The molecule has 0 aliphatic carbocycles. The van der Waals surface area contributed by atoms with Crippen LogP contribution in [-0.4, -0.2) is 63.6 Å². The van der Waals surface area contributed by atoms with Crippen LogP contribution in [0.4, 0.5) is 13.6 Å². The minimum Gasteiger partial charge on any atom is -0.508 e. The molecule has 3 N–H and O–H groups in total. The van der Waals surface area contributed by atoms with E-state index in [2.05, 4.69) is 21.0 Å². The molecule has 2 atom stereocenters. The summed E-state index contributed by atoms with van der Waals surface area (Å²) in [5, 5.41) is 13.8. The van der Waals surface area contributed by atoms with E-state index in [0.717, 1.165) is 5.56 Å². The summed E-state index contributed by atoms with van der Waals surface area (Å²) in [4.78, 5) is 33.4. The minimum absolute atomic E-state index is 0.00386. The molecule has 0 bridgehead atoms. The van der Waals surface area contributed by atoms with E-state index in [1.807, 2.05) is 0 Å². The summed E-state index contributed by atoms with van der Waals surface area (Å²) in [5.41, 5.74) is 1.40. The van der Waals surface area contributed by atoms with E-state index in [1.165, 1.54) is 23.1 Å². The third-order valence-corrected chi connectivity index (χ3v) is 6.79. The Kier molecular flexibility index (Phi) is 5.80. The number of aromatic nitrogens is 1. The van der Waals surface area contributed by atoms with Crippen LogP contribution < -0.4 is 10.1 Å². The lowest BCUT2D eigenvalue weighted by molar-refractivity contribution is -0.133. The molecule has 1 fully saturated rings. The minimum atomic E-state index is -2.98. The molecule has 10 heteroatoms. The fourth-order valence-electron chi connectivity index (χ4n) is 5.26. The van der Waals surface area contributed by atoms with Gasteiger partial charge in [0.25, 0.3) is 5.91 Å². The van der Waals surface area contributed by atoms with Gasteiger partial charge in [0.15, 0.2) is 0 Å². The van der Waals surface area contributed by atoms with Crippen molar-refractivity contribution < 1.29 is 28.2 Å². The molecule has 3 amide bonds. The Hall–Kier alpha value is -4.10. The van der Waals surface area contributed by atoms with E-state index in [0.29, 0.717) is 35.2 Å². The van der Waals surface area contributed by atoms with Crippen LogP contribution in [0.5, 0.6) is 11.5 Å². The molecule has 3 heterocycles. The van der Waals surface area contributed by atoms with E-state index in [1.54, 1.807) is 36.1 Å². The van der Waals surface area contributed by atoms with Crippen molar-refractivity contribution in [3.8, 4) is 23.8 Å². The molecule has 5 rings (SSSR count). The van der Waals surface area contributed by atoms with Crippen molar-refractivity contribution in [2.45, 2.75) is 31.5 Å². The van der Waals surface area contributed by atoms with Crippen LogP contribution in [0, 0.1) is 12.3 Å². The number of H-pyrrole nitrogens is 1. The molecular formula is C26H24F2N4O4. The number of ether oxygens (including phenoxy) is 1. The predicted molar refractivity (Wildman–Crippen MR) is 128 cm³/mol. The number of hydrogen-bond acceptors (Lipinski definition) is 5. The summed E-state index contributed by atoms with van der Waals surface area (Å²) in [6, 6.07) is 9.90. The Morgan fingerprint density at radius 1 is 1.31 bits per heavy atom. The molecule has 1 saturated heterocycles. The lowest BCUT2D eigenvalue weighted by Gasteiger charge is -2.42. The largest absolute Gasteiger partial charge is 0.508 e. The van der Waals surface area contributed by atoms with Gasteiger partial charge in [0.05, 0.1) is 6.54 Å². The van der Waals surface area contributed by atoms with E-state index >= 15 is 0 Å². The van der Waals surface area contributed by atoms with Gasteiger partial charge >= 0.3 is 12.6 Å². The van der Waals surface area contributed by atoms with Gasteiger partial charge in [-0.1, -0.05) is 18.1 Å². The number of carbonyl (C=O) groups excluding carboxylic acids is 2. The van der Waals surface area contributed by atoms with Gasteiger partial charge < -0.3 is 20.1 Å². The lowest BCUT2D eigenvalue weighted by atomic mass is 9.81. The number of nitrogens with one attached hydrogen (secondary N) is 2. The summed E-state index contributed by atoms with van der Waals surface area (Å²) in [5.74, 6) is 2.10. The van der Waals surface area contributed by atoms with Crippen LogP contribution in [0.15, 0.2) is 42.5 Å². The molecule has 1 aromatic heterocycles. The molecular weight excluding hydrogens is 470 g/mol. The Balaban J connectivity index is 1.64. The van der Waals surface area contributed by atoms with Gasteiger partial charge in [0.2, 0.25) is 0 Å². The summed E-state index contributed by atoms with van der Waals surface area (Å²) in [7, 11) is 0. The second kappa shape index (κ2) is 8.84. The summed E-state index contributed by atoms with van der Waals surface area (Å²) >= 11 is 0. The Morgan fingerprint density at radius 2 is 2.11 bits per heavy atom. The van der Waals surface area contributed by atoms with Crippen LogP contribution in [0.1, 0.15) is 29.8 Å². The van der Waals surface area contributed by atoms with Crippen molar-refractivity contribution in [1.29, 1.82) is 0 Å². The number of alkyl halides is 2. The number of halogens is 2. The summed E-state index contributed by atoms with van der Waals surface area (Å²) < 4.78 is 30.3. The number of fused-ring (bicyclic) bond motifs is 4. The van der Waals surface area contributed by atoms with Crippen molar-refractivity contribution in [1.82, 2.24) is 20.1 Å². The maximum atomic E-state index is 13.7. The molecule has 186 valence electrons. The first-order chi connectivity index (χ1) is 17.2. The Bertz CT molecular complexity index is 1400. The average Bonchev–Trinajstić information content (AvgIpc) is 3.27. The van der Waals surface area contributed by atoms with E-state index in [4.69, 9.17) is 6.42 Å². The normalized spacial score (nSPS) is 21.1. The number of aromatic hydroxyl groups is 1. The van der Waals surface area contributed by atoms with Crippen LogP contribution in [0.2, 0.25) is 0 Å². The third-order valence-electron chi connectivity index (χ3n) is 6.79. The first-order valence-corrected chi connectivity index (χ1v) is 11.4. The quantitative estimate of drug-likeness (QED) is 0.266. The fraction of sp³-hybridized carbons (Fsp3) is 0.308. The van der Waals surface area contributed by atoms with Gasteiger partial charge in [0.1, 0.15) is 23.1 Å². The number of aromatic amines is 1. The molecule has 0 saturated carbocycles. The van der Waals surface area contributed by atoms with Crippen molar-refractivity contribution in [2.75, 3.05) is 19.6 Å². The highest BCUT2D eigenvalue weighted by atomic mass is 19.3. The smallest absolute Gasteiger partial charge is 0.387 e. The number of urea groups is 1. The van der Waals surface area contributed by atoms with Gasteiger partial charge in [-0.05, 0) is 48.4 Å². The van der Waals surface area contributed by atoms with Gasteiger partial charge in [-0.15, -0.1) is 6.42 Å². The highest BCUT2D eigenvalue weighted by Gasteiger charge is 2.60. The van der Waals surface area contributed by atoms with Gasteiger partial charge in [0, 0.05) is 36.1 Å². The average molecular weight is 494 g/mol. The summed E-state index contributed by atoms with van der Waals surface area (Å²) in [6.07, 6.45) is 5.44. The molecule has 2 aromatic carbocycles. The maximum absolute atomic E-state index is 13.7. The second-order valence-corrected chi connectivity index (χ2v) is 9.04. The number of nitrogens with zero attached hydrogens (tertiary/aromatic N) is 2. The maximum Gasteiger partial charge on any atom is 0.387 e. The Morgan fingerprint density at radius 3 is 2.83 bits per heavy atom. The molecule has 8 nitrogen and oxygen atoms in total. The van der Waals surface area contributed by atoms with Gasteiger partial charge in [-0.2, -0.15) is 8.78 Å². The number of imide groups is 1. The highest BCUT2D eigenvalue weighted by molar-refractivity contribution is 6.08. The first kappa shape index (κ1) is 23.6. The first-order valence-electron chi connectivity index (χ1n) is 11.4. The lowest BCUT2D eigenvalue weighted by Crippen LogP contribution is -2.53. The second-order valence-electron chi connectivity index (χ2n) is 9.04. The molecule has 2 aliphatic heterocycles. The van der Waals surface area contributed by atoms with Crippen LogP contribution in [0.3, 0.4) is 0 Å². The third kappa shape index (κ3) is 3.72. The van der Waals surface area contributed by atoms with Gasteiger partial charge in [-0.25, -0.2) is 4.79 Å². The number of rotatable bonds is 7. The van der Waals surface area contributed by atoms with Crippen LogP contribution in [-0.2, 0) is 11.2 Å². The van der Waals surface area contributed by atoms with E-state index < -0.39 is 24.2 Å². The van der Waals surface area contributed by atoms with Crippen molar-refractivity contribution in [3.05, 3.63) is 59.3 Å². The zero-order valence-electron chi connectivity index (χ0n) is 19.4. The van der Waals surface area contributed by atoms with Crippen molar-refractivity contribution >= 4 is 22.8 Å². The Labute approximate surface area is 205 Å². The van der Waals surface area contributed by atoms with Gasteiger partial charge in [-0.3, -0.25) is 14.6 Å². The standard InChI is InChI=1S/C26H24F2N4O4/c1-3-9-29-10-11-31-23(34)26(2)14-19-18-13-17(36-24(27)28)7-8-20(18)30-21(19)22(32(26)25(31)35)15-5-4-6-16(33)12-15/h1,4-8,12-13,22,24,29-30,33H,9-11,14H2,2H3/t22?,26-/m0/s1. The SMILES string of the molecule is C#CCNCCN1C(=O)N2C(c3cccc(O)c3)c3[nH]c4ccc(OC(F)F)cc4c3C[C@@]2(C)C1=O. The van der Waals surface area contributed by atoms with Crippen LogP contribution in [0.25, 0.3) is 10.9 Å². The number of phenols is 1. The number of benzene rings is 2. The zero-order valence-corrected chi connectivity index (χ0v) is 19.4. The summed E-state index contributed by atoms with van der Waals surface area (Å²) in [6.45, 7) is -0.484. The molecule has 0 spiro atoms. The molecule has 0 radical (unpaired) electrons. The molecule has 1 unspecified atom stereocenters. The molecule has 3 aromatic rings. The van der Waals surface area contributed by atoms with Crippen molar-refractivity contribution in [2.24, 2.45) is 0 Å². The van der Waals surface area contributed by atoms with E-state index in [-0.39, 0.29) is 30.4 Å². The predicted octanol–water partition coefficient (Wildman–Crippen LogP) is 3.37. The molecule has 2 aliphatic rings. The zero-order chi connectivity index (χ0) is 25.6. The van der Waals surface area contributed by atoms with E-state index in [9.17, 15) is 23.5 Å². The number of carbonyl (C=O) groups is 2. The van der Waals surface area contributed by atoms with Crippen LogP contribution >= 0.6 is 0 Å². The number of terminal acetylenes is 1. The highest BCUT2D eigenvalue weighted by Crippen LogP contribution is 2.49. The molecule has 36 heavy (non-hydrogen) atoms. The number of hydrogen-bond donors (Lipinski definition) is 3. The number of amides is 3. The number of phenolic OH excluding ortho intramolecular Hbond substituents is 1. The van der Waals surface area contributed by atoms with Crippen molar-refractivity contribution in [3.63, 3.8) is 0 Å².